The number of hydrogen-bond donors (Lipinski definition) is 1. The zero-order valence-electron chi connectivity index (χ0n) is 10.5. The van der Waals surface area contributed by atoms with Gasteiger partial charge in [-0.1, -0.05) is 18.2 Å². The third-order valence-electron chi connectivity index (χ3n) is 2.50. The molecule has 1 N–H and O–H groups in total. The van der Waals surface area contributed by atoms with E-state index >= 15 is 0 Å². The molecule has 110 valence electrons. The van der Waals surface area contributed by atoms with Gasteiger partial charge in [-0.2, -0.15) is 0 Å². The Balaban J connectivity index is 2.20. The summed E-state index contributed by atoms with van der Waals surface area (Å²) in [4.78, 5) is 10.0. The molecule has 2 aromatic carbocycles. The molecule has 0 fully saturated rings. The van der Waals surface area contributed by atoms with Gasteiger partial charge >= 0.3 is 0 Å². The molecule has 2 rings (SSSR count). The molecule has 0 aliphatic carbocycles. The van der Waals surface area contributed by atoms with Crippen molar-refractivity contribution in [3.05, 3.63) is 64.7 Å². The number of non-ortho nitro benzene ring substituents is 1. The third kappa shape index (κ3) is 3.72. The lowest BCUT2D eigenvalue weighted by atomic mass is 10.3. The molecule has 2 aromatic rings. The Kier molecular flexibility index (Phi) is 4.46. The molecule has 0 saturated carbocycles. The zero-order chi connectivity index (χ0) is 15.5. The Morgan fingerprint density at radius 3 is 2.10 bits per heavy atom. The van der Waals surface area contributed by atoms with E-state index in [4.69, 9.17) is 0 Å². The Hall–Kier alpha value is -2.10. The standard InChI is InChI=1S/C12H10N2O5S2/c15-14(16)10-6-8-11(9-7-10)20(17)13-21(18,19)12-4-2-1-3-5-12/h1-9,13H. The zero-order valence-corrected chi connectivity index (χ0v) is 12.1. The molecule has 1 unspecified atom stereocenters. The van der Waals surface area contributed by atoms with Crippen LogP contribution in [0.1, 0.15) is 0 Å². The quantitative estimate of drug-likeness (QED) is 0.663. The Labute approximate surface area is 123 Å². The molecule has 0 bridgehead atoms. The molecule has 9 heteroatoms. The molecule has 0 heterocycles. The van der Waals surface area contributed by atoms with Crippen LogP contribution in [-0.2, 0) is 21.0 Å². The van der Waals surface area contributed by atoms with Gasteiger partial charge in [0, 0.05) is 12.1 Å². The van der Waals surface area contributed by atoms with Crippen LogP contribution in [0.25, 0.3) is 0 Å². The van der Waals surface area contributed by atoms with Crippen LogP contribution in [0.15, 0.2) is 64.4 Å². The summed E-state index contributed by atoms with van der Waals surface area (Å²) < 4.78 is 37.9. The fourth-order valence-corrected chi connectivity index (χ4v) is 3.95. The highest BCUT2D eigenvalue weighted by molar-refractivity contribution is 8.02. The van der Waals surface area contributed by atoms with Crippen molar-refractivity contribution in [2.24, 2.45) is 0 Å². The minimum absolute atomic E-state index is 0.0136. The summed E-state index contributed by atoms with van der Waals surface area (Å²) in [6.07, 6.45) is 0. The van der Waals surface area contributed by atoms with Gasteiger partial charge in [-0.05, 0) is 24.3 Å². The van der Waals surface area contributed by atoms with Crippen molar-refractivity contribution in [1.82, 2.24) is 4.13 Å². The van der Waals surface area contributed by atoms with Crippen LogP contribution in [0.3, 0.4) is 0 Å². The first kappa shape index (κ1) is 15.3. The molecule has 0 saturated heterocycles. The van der Waals surface area contributed by atoms with E-state index in [0.717, 1.165) is 12.1 Å². The second-order valence-corrected chi connectivity index (χ2v) is 7.07. The first-order chi connectivity index (χ1) is 9.90. The lowest BCUT2D eigenvalue weighted by molar-refractivity contribution is -0.384. The van der Waals surface area contributed by atoms with Crippen LogP contribution in [-0.4, -0.2) is 17.6 Å². The number of benzene rings is 2. The summed E-state index contributed by atoms with van der Waals surface area (Å²) >= 11 is 0. The highest BCUT2D eigenvalue weighted by atomic mass is 32.3. The number of nitro benzene ring substituents is 1. The summed E-state index contributed by atoms with van der Waals surface area (Å²) in [6.45, 7) is 0. The lowest BCUT2D eigenvalue weighted by Gasteiger charge is -2.06. The Bertz CT molecular complexity index is 773. The largest absolute Gasteiger partial charge is 0.269 e. The number of nitrogens with zero attached hydrogens (tertiary/aromatic N) is 1. The normalized spacial score (nSPS) is 12.8. The predicted octanol–water partition coefficient (Wildman–Crippen LogP) is 1.60. The highest BCUT2D eigenvalue weighted by Crippen LogP contribution is 2.15. The maximum absolute atomic E-state index is 12.0. The minimum Gasteiger partial charge on any atom is -0.258 e. The van der Waals surface area contributed by atoms with Crippen molar-refractivity contribution in [1.29, 1.82) is 0 Å². The first-order valence-corrected chi connectivity index (χ1v) is 8.27. The van der Waals surface area contributed by atoms with Crippen LogP contribution in [0.2, 0.25) is 0 Å². The van der Waals surface area contributed by atoms with Crippen molar-refractivity contribution in [2.75, 3.05) is 0 Å². The molecule has 1 atom stereocenters. The van der Waals surface area contributed by atoms with E-state index in [0.29, 0.717) is 0 Å². The van der Waals surface area contributed by atoms with E-state index in [1.807, 2.05) is 4.13 Å². The molecule has 21 heavy (non-hydrogen) atoms. The lowest BCUT2D eigenvalue weighted by Crippen LogP contribution is -2.25. The number of nitrogens with one attached hydrogen (secondary N) is 1. The van der Waals surface area contributed by atoms with Crippen molar-refractivity contribution >= 4 is 26.7 Å². The van der Waals surface area contributed by atoms with Crippen LogP contribution in [0, 0.1) is 10.1 Å². The molecular formula is C12H10N2O5S2. The van der Waals surface area contributed by atoms with Crippen molar-refractivity contribution in [3.8, 4) is 0 Å². The summed E-state index contributed by atoms with van der Waals surface area (Å²) in [5, 5.41) is 10.5. The smallest absolute Gasteiger partial charge is 0.258 e. The Morgan fingerprint density at radius 2 is 1.57 bits per heavy atom. The van der Waals surface area contributed by atoms with E-state index in [1.54, 1.807) is 18.2 Å². The molecular weight excluding hydrogens is 316 g/mol. The van der Waals surface area contributed by atoms with Gasteiger partial charge in [0.2, 0.25) is 0 Å². The van der Waals surface area contributed by atoms with Gasteiger partial charge in [0.05, 0.1) is 14.7 Å². The topological polar surface area (TPSA) is 106 Å². The maximum Gasteiger partial charge on any atom is 0.269 e. The molecule has 0 aliphatic heterocycles. The number of sulfonamides is 1. The molecule has 0 radical (unpaired) electrons. The fourth-order valence-electron chi connectivity index (χ4n) is 1.49. The van der Waals surface area contributed by atoms with Gasteiger partial charge in [0.25, 0.3) is 15.7 Å². The summed E-state index contributed by atoms with van der Waals surface area (Å²) in [7, 11) is -5.95. The monoisotopic (exact) mass is 326 g/mol. The van der Waals surface area contributed by atoms with E-state index in [2.05, 4.69) is 0 Å². The number of hydrogen-bond acceptors (Lipinski definition) is 5. The SMILES string of the molecule is O=[N+]([O-])c1ccc(S(=O)NS(=O)(=O)c2ccccc2)cc1. The highest BCUT2D eigenvalue weighted by Gasteiger charge is 2.18. The van der Waals surface area contributed by atoms with Crippen molar-refractivity contribution in [3.63, 3.8) is 0 Å². The molecule has 0 spiro atoms. The van der Waals surface area contributed by atoms with Crippen LogP contribution >= 0.6 is 0 Å². The van der Waals surface area contributed by atoms with Gasteiger partial charge in [0.15, 0.2) is 0 Å². The maximum atomic E-state index is 12.0. The predicted molar refractivity (Wildman–Crippen MR) is 76.3 cm³/mol. The fraction of sp³-hybridized carbons (Fsp3) is 0. The van der Waals surface area contributed by atoms with E-state index in [9.17, 15) is 22.7 Å². The van der Waals surface area contributed by atoms with Crippen LogP contribution < -0.4 is 4.13 Å². The third-order valence-corrected chi connectivity index (χ3v) is 5.58. The molecule has 0 aliphatic rings. The average molecular weight is 326 g/mol. The Morgan fingerprint density at radius 1 is 1.00 bits per heavy atom. The number of rotatable bonds is 5. The summed E-state index contributed by atoms with van der Waals surface area (Å²) in [5.41, 5.74) is -0.165. The first-order valence-electron chi connectivity index (χ1n) is 5.64. The van der Waals surface area contributed by atoms with Gasteiger partial charge in [-0.3, -0.25) is 10.1 Å². The molecule has 0 amide bonds. The van der Waals surface area contributed by atoms with E-state index < -0.39 is 25.9 Å². The van der Waals surface area contributed by atoms with Gasteiger partial charge < -0.3 is 0 Å². The molecule has 7 nitrogen and oxygen atoms in total. The van der Waals surface area contributed by atoms with Gasteiger partial charge in [-0.15, -0.1) is 4.13 Å². The minimum atomic E-state index is -3.92. The van der Waals surface area contributed by atoms with Crippen molar-refractivity contribution < 1.29 is 17.6 Å². The van der Waals surface area contributed by atoms with Crippen LogP contribution in [0.4, 0.5) is 5.69 Å². The van der Waals surface area contributed by atoms with Gasteiger partial charge in [-0.25, -0.2) is 12.6 Å². The number of nitro groups is 1. The van der Waals surface area contributed by atoms with Gasteiger partial charge in [0.1, 0.15) is 11.0 Å². The summed E-state index contributed by atoms with van der Waals surface area (Å²) in [6, 6.07) is 12.3. The average Bonchev–Trinajstić information content (AvgIpc) is 2.48. The second kappa shape index (κ2) is 6.12. The second-order valence-electron chi connectivity index (χ2n) is 3.92. The van der Waals surface area contributed by atoms with E-state index in [1.165, 1.54) is 24.3 Å². The molecule has 0 aromatic heterocycles. The summed E-state index contributed by atoms with van der Waals surface area (Å²) in [5.74, 6) is 0. The van der Waals surface area contributed by atoms with Crippen LogP contribution in [0.5, 0.6) is 0 Å². The van der Waals surface area contributed by atoms with Crippen molar-refractivity contribution in [2.45, 2.75) is 9.79 Å². The van der Waals surface area contributed by atoms with E-state index in [-0.39, 0.29) is 15.5 Å².